The van der Waals surface area contributed by atoms with Crippen LogP contribution >= 0.6 is 0 Å². The summed E-state index contributed by atoms with van der Waals surface area (Å²) in [7, 11) is 0. The highest BCUT2D eigenvalue weighted by atomic mass is 16.2. The number of nitrogens with one attached hydrogen (secondary N) is 2. The van der Waals surface area contributed by atoms with Gasteiger partial charge in [0.05, 0.1) is 6.54 Å². The minimum atomic E-state index is -0.217. The highest BCUT2D eigenvalue weighted by Gasteiger charge is 2.20. The van der Waals surface area contributed by atoms with E-state index in [1.165, 1.54) is 12.8 Å². The molecule has 2 N–H and O–H groups in total. The second kappa shape index (κ2) is 11.0. The Kier molecular flexibility index (Phi) is 7.60. The quantitative estimate of drug-likeness (QED) is 0.700. The summed E-state index contributed by atoms with van der Waals surface area (Å²) in [6, 6.07) is 14.4. The molecule has 0 bridgehead atoms. The van der Waals surface area contributed by atoms with Crippen LogP contribution in [0.5, 0.6) is 0 Å². The fourth-order valence-corrected chi connectivity index (χ4v) is 4.44. The van der Waals surface area contributed by atoms with Gasteiger partial charge >= 0.3 is 0 Å². The molecule has 0 radical (unpaired) electrons. The average molecular weight is 449 g/mol. The van der Waals surface area contributed by atoms with E-state index in [-0.39, 0.29) is 24.3 Å². The zero-order valence-corrected chi connectivity index (χ0v) is 19.0. The number of likely N-dealkylation sites (tertiary alicyclic amines) is 2. The van der Waals surface area contributed by atoms with E-state index in [2.05, 4.69) is 10.6 Å². The third-order valence-corrected chi connectivity index (χ3v) is 6.24. The molecule has 0 spiro atoms. The molecule has 3 amide bonds. The molecule has 33 heavy (non-hydrogen) atoms. The summed E-state index contributed by atoms with van der Waals surface area (Å²) in [5.41, 5.74) is 2.54. The van der Waals surface area contributed by atoms with Crippen molar-refractivity contribution in [1.29, 1.82) is 0 Å². The van der Waals surface area contributed by atoms with Crippen LogP contribution in [-0.4, -0.2) is 60.2 Å². The lowest BCUT2D eigenvalue weighted by Crippen LogP contribution is -2.31. The summed E-state index contributed by atoms with van der Waals surface area (Å²) in [4.78, 5) is 41.7. The first-order valence-electron chi connectivity index (χ1n) is 11.9. The molecule has 0 aromatic heterocycles. The van der Waals surface area contributed by atoms with Crippen molar-refractivity contribution in [2.24, 2.45) is 0 Å². The fourth-order valence-electron chi connectivity index (χ4n) is 4.44. The van der Waals surface area contributed by atoms with Crippen LogP contribution in [0.4, 0.5) is 11.4 Å². The topological polar surface area (TPSA) is 81.8 Å². The van der Waals surface area contributed by atoms with Crippen molar-refractivity contribution in [2.45, 2.75) is 38.5 Å². The van der Waals surface area contributed by atoms with E-state index < -0.39 is 0 Å². The minimum absolute atomic E-state index is 0.0191. The van der Waals surface area contributed by atoms with Gasteiger partial charge in [-0.05, 0) is 62.1 Å². The highest BCUT2D eigenvalue weighted by molar-refractivity contribution is 5.98. The van der Waals surface area contributed by atoms with E-state index in [0.717, 1.165) is 57.5 Å². The van der Waals surface area contributed by atoms with Crippen LogP contribution in [0, 0.1) is 0 Å². The van der Waals surface area contributed by atoms with Gasteiger partial charge in [0.1, 0.15) is 0 Å². The van der Waals surface area contributed by atoms with Gasteiger partial charge in [-0.2, -0.15) is 0 Å². The van der Waals surface area contributed by atoms with E-state index in [1.807, 2.05) is 21.9 Å². The zero-order chi connectivity index (χ0) is 23.0. The second-order valence-electron chi connectivity index (χ2n) is 8.77. The molecule has 0 atom stereocenters. The van der Waals surface area contributed by atoms with Crippen molar-refractivity contribution in [2.75, 3.05) is 43.4 Å². The molecule has 2 aliphatic heterocycles. The molecule has 7 heteroatoms. The van der Waals surface area contributed by atoms with Crippen LogP contribution in [0.2, 0.25) is 0 Å². The summed E-state index contributed by atoms with van der Waals surface area (Å²) in [5, 5.41) is 5.95. The van der Waals surface area contributed by atoms with Gasteiger partial charge in [0.15, 0.2) is 0 Å². The standard InChI is InChI=1S/C26H32N4O3/c31-24(19-27-22-11-7-9-20(17-22)25(32)30-15-5-6-16-30)28-23-12-8-10-21(18-23)26(33)29-13-3-1-2-4-14-29/h7-12,17-18,27H,1-6,13-16,19H2,(H,28,31). The Balaban J connectivity index is 1.32. The second-order valence-corrected chi connectivity index (χ2v) is 8.77. The van der Waals surface area contributed by atoms with Crippen LogP contribution in [0.3, 0.4) is 0 Å². The van der Waals surface area contributed by atoms with E-state index >= 15 is 0 Å². The summed E-state index contributed by atoms with van der Waals surface area (Å²) >= 11 is 0. The van der Waals surface area contributed by atoms with Crippen molar-refractivity contribution < 1.29 is 14.4 Å². The lowest BCUT2D eigenvalue weighted by Gasteiger charge is -2.20. The van der Waals surface area contributed by atoms with Gasteiger partial charge in [0.25, 0.3) is 11.8 Å². The van der Waals surface area contributed by atoms with Gasteiger partial charge in [-0.25, -0.2) is 0 Å². The Morgan fingerprint density at radius 1 is 0.667 bits per heavy atom. The molecule has 2 aromatic carbocycles. The maximum atomic E-state index is 12.9. The van der Waals surface area contributed by atoms with Gasteiger partial charge in [-0.15, -0.1) is 0 Å². The lowest BCUT2D eigenvalue weighted by atomic mass is 10.1. The SMILES string of the molecule is O=C(CNc1cccc(C(=O)N2CCCC2)c1)Nc1cccc(C(=O)N2CCCCCC2)c1. The van der Waals surface area contributed by atoms with Gasteiger partial charge in [-0.3, -0.25) is 14.4 Å². The molecular weight excluding hydrogens is 416 g/mol. The normalized spacial score (nSPS) is 16.2. The molecule has 2 fully saturated rings. The van der Waals surface area contributed by atoms with Gasteiger partial charge < -0.3 is 20.4 Å². The minimum Gasteiger partial charge on any atom is -0.376 e. The third kappa shape index (κ3) is 6.12. The third-order valence-electron chi connectivity index (χ3n) is 6.24. The Hall–Kier alpha value is -3.35. The van der Waals surface area contributed by atoms with Gasteiger partial charge in [0.2, 0.25) is 5.91 Å². The number of amides is 3. The number of nitrogens with zero attached hydrogens (tertiary/aromatic N) is 2. The molecule has 2 aliphatic rings. The Morgan fingerprint density at radius 2 is 1.15 bits per heavy atom. The van der Waals surface area contributed by atoms with Crippen LogP contribution in [0.15, 0.2) is 48.5 Å². The van der Waals surface area contributed by atoms with E-state index in [0.29, 0.717) is 16.8 Å². The molecule has 2 heterocycles. The van der Waals surface area contributed by atoms with Crippen LogP contribution in [0.25, 0.3) is 0 Å². The van der Waals surface area contributed by atoms with Gasteiger partial charge in [-0.1, -0.05) is 25.0 Å². The van der Waals surface area contributed by atoms with Crippen molar-refractivity contribution >= 4 is 29.1 Å². The van der Waals surface area contributed by atoms with E-state index in [4.69, 9.17) is 0 Å². The predicted molar refractivity (Wildman–Crippen MR) is 130 cm³/mol. The number of carbonyl (C=O) groups is 3. The molecule has 0 aliphatic carbocycles. The monoisotopic (exact) mass is 448 g/mol. The fraction of sp³-hybridized carbons (Fsp3) is 0.423. The van der Waals surface area contributed by atoms with Gasteiger partial charge in [0, 0.05) is 48.7 Å². The summed E-state index contributed by atoms with van der Waals surface area (Å²) in [5.74, 6) is -0.164. The molecule has 7 nitrogen and oxygen atoms in total. The van der Waals surface area contributed by atoms with Crippen molar-refractivity contribution in [3.05, 3.63) is 59.7 Å². The van der Waals surface area contributed by atoms with E-state index in [1.54, 1.807) is 36.4 Å². The molecular formula is C26H32N4O3. The summed E-state index contributed by atoms with van der Waals surface area (Å²) < 4.78 is 0. The number of benzene rings is 2. The highest BCUT2D eigenvalue weighted by Crippen LogP contribution is 2.18. The number of hydrogen-bond acceptors (Lipinski definition) is 4. The average Bonchev–Trinajstić information content (AvgIpc) is 3.24. The number of anilines is 2. The molecule has 4 rings (SSSR count). The smallest absolute Gasteiger partial charge is 0.253 e. The lowest BCUT2D eigenvalue weighted by molar-refractivity contribution is -0.114. The van der Waals surface area contributed by atoms with Crippen LogP contribution in [0.1, 0.15) is 59.2 Å². The maximum absolute atomic E-state index is 12.9. The summed E-state index contributed by atoms with van der Waals surface area (Å²) in [6.45, 7) is 3.25. The Morgan fingerprint density at radius 3 is 1.73 bits per heavy atom. The van der Waals surface area contributed by atoms with Crippen molar-refractivity contribution in [3.63, 3.8) is 0 Å². The van der Waals surface area contributed by atoms with Crippen molar-refractivity contribution in [3.8, 4) is 0 Å². The molecule has 0 saturated carbocycles. The Labute approximate surface area is 195 Å². The van der Waals surface area contributed by atoms with Crippen LogP contribution in [-0.2, 0) is 4.79 Å². The largest absolute Gasteiger partial charge is 0.376 e. The number of hydrogen-bond donors (Lipinski definition) is 2. The number of carbonyl (C=O) groups excluding carboxylic acids is 3. The first-order valence-corrected chi connectivity index (χ1v) is 11.9. The predicted octanol–water partition coefficient (Wildman–Crippen LogP) is 3.99. The molecule has 2 saturated heterocycles. The zero-order valence-electron chi connectivity index (χ0n) is 19.0. The van der Waals surface area contributed by atoms with E-state index in [9.17, 15) is 14.4 Å². The molecule has 0 unspecified atom stereocenters. The summed E-state index contributed by atoms with van der Waals surface area (Å²) in [6.07, 6.45) is 6.52. The first-order chi connectivity index (χ1) is 16.1. The van der Waals surface area contributed by atoms with Crippen molar-refractivity contribution in [1.82, 2.24) is 9.80 Å². The Bertz CT molecular complexity index is 993. The van der Waals surface area contributed by atoms with Crippen LogP contribution < -0.4 is 10.6 Å². The maximum Gasteiger partial charge on any atom is 0.253 e. The molecule has 174 valence electrons. The molecule has 2 aromatic rings. The number of rotatable bonds is 6. The first kappa shape index (κ1) is 22.8.